The predicted octanol–water partition coefficient (Wildman–Crippen LogP) is 1.45. The van der Waals surface area contributed by atoms with Crippen molar-refractivity contribution >= 4 is 11.9 Å². The van der Waals surface area contributed by atoms with Crippen molar-refractivity contribution in [1.82, 2.24) is 5.32 Å². The van der Waals surface area contributed by atoms with Crippen LogP contribution in [0, 0.1) is 6.92 Å². The molecule has 0 spiro atoms. The summed E-state index contributed by atoms with van der Waals surface area (Å²) in [4.78, 5) is 23.4. The number of carbonyl (C=O) groups is 2. The van der Waals surface area contributed by atoms with E-state index in [1.807, 2.05) is 19.1 Å². The van der Waals surface area contributed by atoms with Gasteiger partial charge < -0.3 is 14.8 Å². The number of benzene rings is 1. The summed E-state index contributed by atoms with van der Waals surface area (Å²) >= 11 is 0. The van der Waals surface area contributed by atoms with Crippen LogP contribution in [0.3, 0.4) is 0 Å². The quantitative estimate of drug-likeness (QED) is 0.827. The summed E-state index contributed by atoms with van der Waals surface area (Å²) in [6, 6.07) is 7.12. The Balaban J connectivity index is 1.72. The summed E-state index contributed by atoms with van der Waals surface area (Å²) in [5, 5.41) is 2.70. The first-order chi connectivity index (χ1) is 9.66. The van der Waals surface area contributed by atoms with Crippen molar-refractivity contribution in [3.8, 4) is 0 Å². The fourth-order valence-electron chi connectivity index (χ4n) is 2.09. The number of carbonyl (C=O) groups excluding carboxylic acids is 2. The van der Waals surface area contributed by atoms with Gasteiger partial charge in [-0.3, -0.25) is 4.79 Å². The maximum Gasteiger partial charge on any atom is 0.338 e. The maximum absolute atomic E-state index is 11.8. The number of hydrogen-bond donors (Lipinski definition) is 1. The zero-order valence-corrected chi connectivity index (χ0v) is 11.6. The molecule has 1 aromatic rings. The molecule has 20 heavy (non-hydrogen) atoms. The van der Waals surface area contributed by atoms with E-state index < -0.39 is 5.97 Å². The van der Waals surface area contributed by atoms with Crippen LogP contribution in [-0.2, 0) is 14.3 Å². The molecule has 0 unspecified atom stereocenters. The second-order valence-electron chi connectivity index (χ2n) is 4.83. The molecule has 108 valence electrons. The van der Waals surface area contributed by atoms with Gasteiger partial charge in [0.05, 0.1) is 11.7 Å². The molecule has 5 nitrogen and oxygen atoms in total. The van der Waals surface area contributed by atoms with E-state index in [9.17, 15) is 9.59 Å². The Hall–Kier alpha value is -1.88. The Morgan fingerprint density at radius 2 is 2.20 bits per heavy atom. The molecule has 1 fully saturated rings. The average Bonchev–Trinajstić information content (AvgIpc) is 2.96. The lowest BCUT2D eigenvalue weighted by Crippen LogP contribution is -2.34. The summed E-state index contributed by atoms with van der Waals surface area (Å²) in [6.45, 7) is 2.79. The van der Waals surface area contributed by atoms with Crippen molar-refractivity contribution in [2.24, 2.45) is 0 Å². The van der Waals surface area contributed by atoms with Gasteiger partial charge in [-0.2, -0.15) is 0 Å². The van der Waals surface area contributed by atoms with Crippen LogP contribution in [-0.4, -0.2) is 37.7 Å². The van der Waals surface area contributed by atoms with Crippen LogP contribution < -0.4 is 5.32 Å². The van der Waals surface area contributed by atoms with Crippen LogP contribution in [0.5, 0.6) is 0 Å². The Bertz CT molecular complexity index is 481. The standard InChI is InChI=1S/C15H19NO4/c1-11-5-2-3-7-13(11)15(18)20-10-14(17)16-9-12-6-4-8-19-12/h2-3,5,7,12H,4,6,8-10H2,1H3,(H,16,17)/t12-/m1/s1. The average molecular weight is 277 g/mol. The fourth-order valence-corrected chi connectivity index (χ4v) is 2.09. The Morgan fingerprint density at radius 1 is 1.40 bits per heavy atom. The van der Waals surface area contributed by atoms with Gasteiger partial charge in [-0.05, 0) is 31.4 Å². The van der Waals surface area contributed by atoms with Crippen LogP contribution in [0.4, 0.5) is 0 Å². The third-order valence-corrected chi connectivity index (χ3v) is 3.25. The number of amides is 1. The van der Waals surface area contributed by atoms with Crippen LogP contribution in [0.15, 0.2) is 24.3 Å². The summed E-state index contributed by atoms with van der Waals surface area (Å²) in [5.41, 5.74) is 1.32. The lowest BCUT2D eigenvalue weighted by atomic mass is 10.1. The van der Waals surface area contributed by atoms with Gasteiger partial charge in [-0.25, -0.2) is 4.79 Å². The number of rotatable bonds is 5. The summed E-state index contributed by atoms with van der Waals surface area (Å²) in [5.74, 6) is -0.780. The Kier molecular flexibility index (Phi) is 5.12. The Labute approximate surface area is 118 Å². The molecule has 1 aliphatic rings. The van der Waals surface area contributed by atoms with Crippen molar-refractivity contribution < 1.29 is 19.1 Å². The minimum absolute atomic E-state index is 0.0889. The first-order valence-corrected chi connectivity index (χ1v) is 6.78. The summed E-state index contributed by atoms with van der Waals surface area (Å²) < 4.78 is 10.4. The third-order valence-electron chi connectivity index (χ3n) is 3.25. The molecule has 1 aliphatic heterocycles. The van der Waals surface area contributed by atoms with Gasteiger partial charge in [0.2, 0.25) is 0 Å². The van der Waals surface area contributed by atoms with Gasteiger partial charge in [-0.15, -0.1) is 0 Å². The Morgan fingerprint density at radius 3 is 2.90 bits per heavy atom. The molecule has 0 aromatic heterocycles. The minimum atomic E-state index is -0.477. The van der Waals surface area contributed by atoms with E-state index in [1.165, 1.54) is 0 Å². The van der Waals surface area contributed by atoms with Crippen molar-refractivity contribution in [3.63, 3.8) is 0 Å². The smallest absolute Gasteiger partial charge is 0.338 e. The highest BCUT2D eigenvalue weighted by Crippen LogP contribution is 2.10. The van der Waals surface area contributed by atoms with Gasteiger partial charge in [0.15, 0.2) is 6.61 Å². The number of aryl methyl sites for hydroxylation is 1. The number of nitrogens with one attached hydrogen (secondary N) is 1. The lowest BCUT2D eigenvalue weighted by Gasteiger charge is -2.11. The molecule has 1 aromatic carbocycles. The molecule has 0 bridgehead atoms. The molecule has 2 rings (SSSR count). The first kappa shape index (κ1) is 14.5. The van der Waals surface area contributed by atoms with E-state index in [-0.39, 0.29) is 18.6 Å². The van der Waals surface area contributed by atoms with E-state index in [0.717, 1.165) is 25.0 Å². The second kappa shape index (κ2) is 7.05. The molecule has 5 heteroatoms. The third kappa shape index (κ3) is 4.06. The largest absolute Gasteiger partial charge is 0.452 e. The van der Waals surface area contributed by atoms with E-state index in [2.05, 4.69) is 5.32 Å². The monoisotopic (exact) mass is 277 g/mol. The van der Waals surface area contributed by atoms with Crippen molar-refractivity contribution in [2.75, 3.05) is 19.8 Å². The normalized spacial score (nSPS) is 17.8. The van der Waals surface area contributed by atoms with Gasteiger partial charge >= 0.3 is 5.97 Å². The number of hydrogen-bond acceptors (Lipinski definition) is 4. The highest BCUT2D eigenvalue weighted by atomic mass is 16.5. The predicted molar refractivity (Wildman–Crippen MR) is 73.4 cm³/mol. The fraction of sp³-hybridized carbons (Fsp3) is 0.467. The molecule has 0 saturated carbocycles. The van der Waals surface area contributed by atoms with Gasteiger partial charge in [0.25, 0.3) is 5.91 Å². The topological polar surface area (TPSA) is 64.6 Å². The zero-order chi connectivity index (χ0) is 14.4. The molecule has 1 atom stereocenters. The zero-order valence-electron chi connectivity index (χ0n) is 11.6. The highest BCUT2D eigenvalue weighted by Gasteiger charge is 2.17. The summed E-state index contributed by atoms with van der Waals surface area (Å²) in [7, 11) is 0. The first-order valence-electron chi connectivity index (χ1n) is 6.78. The molecule has 0 aliphatic carbocycles. The molecular weight excluding hydrogens is 258 g/mol. The number of esters is 1. The minimum Gasteiger partial charge on any atom is -0.452 e. The van der Waals surface area contributed by atoms with E-state index >= 15 is 0 Å². The van der Waals surface area contributed by atoms with Gasteiger partial charge in [0.1, 0.15) is 0 Å². The van der Waals surface area contributed by atoms with Crippen molar-refractivity contribution in [3.05, 3.63) is 35.4 Å². The molecule has 0 radical (unpaired) electrons. The van der Waals surface area contributed by atoms with E-state index in [4.69, 9.17) is 9.47 Å². The van der Waals surface area contributed by atoms with E-state index in [1.54, 1.807) is 12.1 Å². The summed E-state index contributed by atoms with van der Waals surface area (Å²) in [6.07, 6.45) is 2.08. The van der Waals surface area contributed by atoms with Gasteiger partial charge in [-0.1, -0.05) is 18.2 Å². The van der Waals surface area contributed by atoms with Crippen molar-refractivity contribution in [2.45, 2.75) is 25.9 Å². The molecule has 1 heterocycles. The van der Waals surface area contributed by atoms with Crippen LogP contribution in [0.1, 0.15) is 28.8 Å². The molecule has 1 N–H and O–H groups in total. The van der Waals surface area contributed by atoms with Crippen LogP contribution in [0.2, 0.25) is 0 Å². The molecule has 1 amide bonds. The van der Waals surface area contributed by atoms with Crippen molar-refractivity contribution in [1.29, 1.82) is 0 Å². The second-order valence-corrected chi connectivity index (χ2v) is 4.83. The van der Waals surface area contributed by atoms with Crippen LogP contribution >= 0.6 is 0 Å². The lowest BCUT2D eigenvalue weighted by molar-refractivity contribution is -0.124. The van der Waals surface area contributed by atoms with Crippen LogP contribution in [0.25, 0.3) is 0 Å². The maximum atomic E-state index is 11.8. The molecular formula is C15H19NO4. The van der Waals surface area contributed by atoms with E-state index in [0.29, 0.717) is 12.1 Å². The SMILES string of the molecule is Cc1ccccc1C(=O)OCC(=O)NC[C@H]1CCCO1. The number of ether oxygens (including phenoxy) is 2. The highest BCUT2D eigenvalue weighted by molar-refractivity contribution is 5.92. The van der Waals surface area contributed by atoms with Gasteiger partial charge in [0, 0.05) is 13.2 Å². The molecule has 1 saturated heterocycles.